The number of likely N-dealkylation sites (N-methyl/N-ethyl adjacent to an activating group) is 1. The van der Waals surface area contributed by atoms with Crippen LogP contribution in [0.2, 0.25) is 0 Å². The van der Waals surface area contributed by atoms with Crippen LogP contribution in [0.5, 0.6) is 0 Å². The number of nitrogens with zero attached hydrogens (tertiary/aromatic N) is 3. The number of nitrogens with one attached hydrogen (secondary N) is 2. The van der Waals surface area contributed by atoms with Crippen molar-refractivity contribution in [2.24, 2.45) is 5.92 Å². The van der Waals surface area contributed by atoms with Gasteiger partial charge in [-0.3, -0.25) is 19.3 Å². The monoisotopic (exact) mass is 381 g/mol. The highest BCUT2D eigenvalue weighted by molar-refractivity contribution is 7.13. The number of aromatic nitrogens is 1. The molecule has 2 heterocycles. The Morgan fingerprint density at radius 1 is 1.23 bits per heavy atom. The Kier molecular flexibility index (Phi) is 7.52. The number of piperazine rings is 1. The second kappa shape index (κ2) is 9.63. The van der Waals surface area contributed by atoms with E-state index in [0.29, 0.717) is 50.1 Å². The van der Waals surface area contributed by atoms with Gasteiger partial charge in [0, 0.05) is 44.0 Å². The van der Waals surface area contributed by atoms with E-state index in [-0.39, 0.29) is 30.1 Å². The van der Waals surface area contributed by atoms with E-state index in [1.54, 1.807) is 10.3 Å². The predicted molar refractivity (Wildman–Crippen MR) is 101 cm³/mol. The first-order valence-corrected chi connectivity index (χ1v) is 9.79. The lowest BCUT2D eigenvalue weighted by atomic mass is 10.2. The van der Waals surface area contributed by atoms with Crippen molar-refractivity contribution in [3.05, 3.63) is 11.1 Å². The number of amides is 3. The van der Waals surface area contributed by atoms with Crippen molar-refractivity contribution in [3.63, 3.8) is 0 Å². The molecule has 26 heavy (non-hydrogen) atoms. The fraction of sp³-hybridized carbons (Fsp3) is 0.647. The second-order valence-corrected chi connectivity index (χ2v) is 7.43. The van der Waals surface area contributed by atoms with Crippen LogP contribution in [0.25, 0.3) is 0 Å². The Hall–Kier alpha value is -2.00. The summed E-state index contributed by atoms with van der Waals surface area (Å²) in [6.45, 7) is 9.14. The van der Waals surface area contributed by atoms with Crippen LogP contribution in [0.1, 0.15) is 26.5 Å². The van der Waals surface area contributed by atoms with Crippen molar-refractivity contribution in [2.45, 2.75) is 27.2 Å². The molecule has 1 saturated heterocycles. The highest BCUT2D eigenvalue weighted by atomic mass is 32.1. The van der Waals surface area contributed by atoms with Gasteiger partial charge in [-0.2, -0.15) is 0 Å². The molecule has 3 amide bonds. The summed E-state index contributed by atoms with van der Waals surface area (Å²) < 4.78 is 0. The molecule has 1 aromatic rings. The van der Waals surface area contributed by atoms with E-state index in [2.05, 4.69) is 20.5 Å². The van der Waals surface area contributed by atoms with Crippen molar-refractivity contribution >= 4 is 34.2 Å². The molecular formula is C17H27N5O3S. The Bertz CT molecular complexity index is 638. The van der Waals surface area contributed by atoms with E-state index >= 15 is 0 Å². The van der Waals surface area contributed by atoms with Crippen LogP contribution in [0.3, 0.4) is 0 Å². The summed E-state index contributed by atoms with van der Waals surface area (Å²) in [5.41, 5.74) is 0.670. The summed E-state index contributed by atoms with van der Waals surface area (Å²) in [6, 6.07) is 0. The molecule has 0 bridgehead atoms. The van der Waals surface area contributed by atoms with E-state index in [1.807, 2.05) is 20.8 Å². The Balaban J connectivity index is 1.78. The molecule has 0 radical (unpaired) electrons. The van der Waals surface area contributed by atoms with Crippen LogP contribution >= 0.6 is 11.3 Å². The average molecular weight is 382 g/mol. The highest BCUT2D eigenvalue weighted by Gasteiger charge is 2.23. The molecule has 2 rings (SSSR count). The first-order chi connectivity index (χ1) is 12.4. The molecule has 1 aromatic heterocycles. The van der Waals surface area contributed by atoms with Crippen LogP contribution in [-0.4, -0.2) is 71.8 Å². The zero-order valence-electron chi connectivity index (χ0n) is 15.6. The van der Waals surface area contributed by atoms with Crippen LogP contribution in [0.4, 0.5) is 5.13 Å². The maximum Gasteiger partial charge on any atom is 0.234 e. The third kappa shape index (κ3) is 6.06. The predicted octanol–water partition coefficient (Wildman–Crippen LogP) is 0.560. The molecule has 2 N–H and O–H groups in total. The summed E-state index contributed by atoms with van der Waals surface area (Å²) >= 11 is 1.33. The molecule has 0 aliphatic carbocycles. The van der Waals surface area contributed by atoms with Gasteiger partial charge < -0.3 is 15.5 Å². The number of hydrogen-bond donors (Lipinski definition) is 2. The number of rotatable bonds is 7. The third-order valence-electron chi connectivity index (χ3n) is 4.10. The van der Waals surface area contributed by atoms with Gasteiger partial charge in [0.05, 0.1) is 18.7 Å². The van der Waals surface area contributed by atoms with Gasteiger partial charge in [-0.05, 0) is 6.92 Å². The lowest BCUT2D eigenvalue weighted by molar-refractivity contribution is -0.132. The lowest BCUT2D eigenvalue weighted by Crippen LogP contribution is -2.51. The van der Waals surface area contributed by atoms with Crippen LogP contribution in [0, 0.1) is 5.92 Å². The molecule has 0 unspecified atom stereocenters. The van der Waals surface area contributed by atoms with E-state index in [4.69, 9.17) is 0 Å². The summed E-state index contributed by atoms with van der Waals surface area (Å²) in [5.74, 6) is -0.152. The zero-order valence-corrected chi connectivity index (χ0v) is 16.4. The topological polar surface area (TPSA) is 94.6 Å². The van der Waals surface area contributed by atoms with Crippen LogP contribution in [-0.2, 0) is 20.8 Å². The van der Waals surface area contributed by atoms with Crippen molar-refractivity contribution < 1.29 is 14.4 Å². The largest absolute Gasteiger partial charge is 0.355 e. The number of carbonyl (C=O) groups is 3. The van der Waals surface area contributed by atoms with Crippen molar-refractivity contribution in [3.8, 4) is 0 Å². The minimum atomic E-state index is -0.111. The van der Waals surface area contributed by atoms with Crippen LogP contribution < -0.4 is 10.6 Å². The van der Waals surface area contributed by atoms with Gasteiger partial charge in [-0.1, -0.05) is 13.8 Å². The number of thiazole rings is 1. The summed E-state index contributed by atoms with van der Waals surface area (Å²) in [6.07, 6.45) is 0.227. The van der Waals surface area contributed by atoms with Crippen molar-refractivity contribution in [1.82, 2.24) is 20.1 Å². The molecule has 0 saturated carbocycles. The maximum absolute atomic E-state index is 12.4. The van der Waals surface area contributed by atoms with Gasteiger partial charge >= 0.3 is 0 Å². The second-order valence-electron chi connectivity index (χ2n) is 6.58. The van der Waals surface area contributed by atoms with Gasteiger partial charge in [-0.25, -0.2) is 4.98 Å². The molecule has 0 aromatic carbocycles. The first kappa shape index (κ1) is 20.3. The van der Waals surface area contributed by atoms with E-state index in [1.165, 1.54) is 11.3 Å². The molecule has 8 nitrogen and oxygen atoms in total. The lowest BCUT2D eigenvalue weighted by Gasteiger charge is -2.34. The molecule has 9 heteroatoms. The summed E-state index contributed by atoms with van der Waals surface area (Å²) in [4.78, 5) is 43.9. The van der Waals surface area contributed by atoms with E-state index in [9.17, 15) is 14.4 Å². The van der Waals surface area contributed by atoms with Crippen LogP contribution in [0.15, 0.2) is 5.38 Å². The van der Waals surface area contributed by atoms with Gasteiger partial charge in [-0.15, -0.1) is 11.3 Å². The Morgan fingerprint density at radius 2 is 1.92 bits per heavy atom. The molecule has 144 valence electrons. The minimum absolute atomic E-state index is 0.0192. The van der Waals surface area contributed by atoms with Gasteiger partial charge in [0.2, 0.25) is 17.7 Å². The molecular weight excluding hydrogens is 354 g/mol. The zero-order chi connectivity index (χ0) is 19.1. The van der Waals surface area contributed by atoms with Gasteiger partial charge in [0.15, 0.2) is 5.13 Å². The molecule has 1 aliphatic heterocycles. The molecule has 0 atom stereocenters. The third-order valence-corrected chi connectivity index (χ3v) is 4.91. The number of carbonyl (C=O) groups excluding carboxylic acids is 3. The highest BCUT2D eigenvalue weighted by Crippen LogP contribution is 2.17. The summed E-state index contributed by atoms with van der Waals surface area (Å²) in [7, 11) is 0. The van der Waals surface area contributed by atoms with Gasteiger partial charge in [0.1, 0.15) is 0 Å². The molecule has 1 aliphatic rings. The summed E-state index contributed by atoms with van der Waals surface area (Å²) in [5, 5.41) is 7.86. The standard InChI is InChI=1S/C17H27N5O3S/c1-4-18-14(23)10-21-5-7-22(8-6-21)15(24)9-13-11-26-17(19-13)20-16(25)12(2)3/h11-12H,4-10H2,1-3H3,(H,18,23)(H,19,20,25). The van der Waals surface area contributed by atoms with E-state index < -0.39 is 0 Å². The minimum Gasteiger partial charge on any atom is -0.355 e. The first-order valence-electron chi connectivity index (χ1n) is 8.91. The number of anilines is 1. The smallest absolute Gasteiger partial charge is 0.234 e. The fourth-order valence-electron chi connectivity index (χ4n) is 2.57. The van der Waals surface area contributed by atoms with Crippen molar-refractivity contribution in [2.75, 3.05) is 44.6 Å². The fourth-order valence-corrected chi connectivity index (χ4v) is 3.29. The Labute approximate surface area is 157 Å². The average Bonchev–Trinajstić information content (AvgIpc) is 3.02. The molecule has 0 spiro atoms. The SMILES string of the molecule is CCNC(=O)CN1CCN(C(=O)Cc2csc(NC(=O)C(C)C)n2)CC1. The molecule has 1 fully saturated rings. The maximum atomic E-state index is 12.4. The normalized spacial score (nSPS) is 15.2. The van der Waals surface area contributed by atoms with Gasteiger partial charge in [0.25, 0.3) is 0 Å². The number of hydrogen-bond acceptors (Lipinski definition) is 6. The van der Waals surface area contributed by atoms with E-state index in [0.717, 1.165) is 0 Å². The quantitative estimate of drug-likeness (QED) is 0.720. The Morgan fingerprint density at radius 3 is 2.54 bits per heavy atom. The van der Waals surface area contributed by atoms with Crippen molar-refractivity contribution in [1.29, 1.82) is 0 Å².